The van der Waals surface area contributed by atoms with Crippen molar-refractivity contribution in [3.8, 4) is 0 Å². The van der Waals surface area contributed by atoms with Gasteiger partial charge in [-0.1, -0.05) is 46.3 Å². The molecule has 0 amide bonds. The fourth-order valence-electron chi connectivity index (χ4n) is 4.48. The molecule has 0 spiro atoms. The topological polar surface area (TPSA) is 9.23 Å². The van der Waals surface area contributed by atoms with Gasteiger partial charge < -0.3 is 4.74 Å². The molecule has 2 aliphatic carbocycles. The predicted octanol–water partition coefficient (Wildman–Crippen LogP) is 6.24. The van der Waals surface area contributed by atoms with Crippen molar-refractivity contribution in [2.24, 2.45) is 29.6 Å². The Hall–Kier alpha value is -0.300. The number of allylic oxidation sites excluding steroid dienone is 2. The van der Waals surface area contributed by atoms with Crippen LogP contribution in [0.25, 0.3) is 0 Å². The second-order valence-electron chi connectivity index (χ2n) is 7.94. The molecule has 0 N–H and O–H groups in total. The maximum absolute atomic E-state index is 6.06. The Morgan fingerprint density at radius 1 is 0.864 bits per heavy atom. The zero-order valence-corrected chi connectivity index (χ0v) is 15.4. The molecule has 2 saturated carbocycles. The molecule has 2 aliphatic rings. The van der Waals surface area contributed by atoms with E-state index in [9.17, 15) is 0 Å². The van der Waals surface area contributed by atoms with E-state index in [0.29, 0.717) is 12.0 Å². The average molecular weight is 307 g/mol. The highest BCUT2D eigenvalue weighted by Gasteiger charge is 2.33. The Balaban J connectivity index is 1.80. The standard InChI is InChI=1S/C21H38O/c1-5-15-22-21-14-13-20(16(3)17(21)4)12-11-19-9-7-18(6-2)8-10-19/h11-12,16-21H,5-10,13-15H2,1-4H3. The number of hydrogen-bond donors (Lipinski definition) is 0. The van der Waals surface area contributed by atoms with Gasteiger partial charge in [0.15, 0.2) is 0 Å². The summed E-state index contributed by atoms with van der Waals surface area (Å²) in [5.74, 6) is 4.11. The van der Waals surface area contributed by atoms with Gasteiger partial charge in [0.25, 0.3) is 0 Å². The lowest BCUT2D eigenvalue weighted by Gasteiger charge is -2.39. The van der Waals surface area contributed by atoms with E-state index in [1.165, 1.54) is 44.9 Å². The second kappa shape index (κ2) is 9.11. The summed E-state index contributed by atoms with van der Waals surface area (Å²) in [5, 5.41) is 0. The Morgan fingerprint density at radius 3 is 2.23 bits per heavy atom. The number of ether oxygens (including phenoxy) is 1. The summed E-state index contributed by atoms with van der Waals surface area (Å²) < 4.78 is 6.06. The highest BCUT2D eigenvalue weighted by atomic mass is 16.5. The molecule has 0 aromatic carbocycles. The fourth-order valence-corrected chi connectivity index (χ4v) is 4.48. The fraction of sp³-hybridized carbons (Fsp3) is 0.905. The van der Waals surface area contributed by atoms with E-state index < -0.39 is 0 Å². The smallest absolute Gasteiger partial charge is 0.0603 e. The first-order chi connectivity index (χ1) is 10.7. The lowest BCUT2D eigenvalue weighted by molar-refractivity contribution is -0.0338. The quantitative estimate of drug-likeness (QED) is 0.528. The molecule has 22 heavy (non-hydrogen) atoms. The SMILES string of the molecule is CCCOC1CCC(C=CC2CCC(CC)CC2)C(C)C1C. The van der Waals surface area contributed by atoms with Gasteiger partial charge >= 0.3 is 0 Å². The van der Waals surface area contributed by atoms with Crippen LogP contribution in [0.5, 0.6) is 0 Å². The van der Waals surface area contributed by atoms with Gasteiger partial charge in [0.05, 0.1) is 6.10 Å². The third kappa shape index (κ3) is 4.85. The van der Waals surface area contributed by atoms with Crippen LogP contribution < -0.4 is 0 Å². The predicted molar refractivity (Wildman–Crippen MR) is 96.0 cm³/mol. The lowest BCUT2D eigenvalue weighted by atomic mass is 9.71. The van der Waals surface area contributed by atoms with Crippen LogP contribution in [0.15, 0.2) is 12.2 Å². The lowest BCUT2D eigenvalue weighted by Crippen LogP contribution is -2.36. The van der Waals surface area contributed by atoms with Crippen LogP contribution in [-0.4, -0.2) is 12.7 Å². The Bertz CT molecular complexity index is 327. The minimum absolute atomic E-state index is 0.500. The molecule has 0 aromatic rings. The highest BCUT2D eigenvalue weighted by molar-refractivity contribution is 4.99. The van der Waals surface area contributed by atoms with Crippen LogP contribution in [-0.2, 0) is 4.74 Å². The van der Waals surface area contributed by atoms with Gasteiger partial charge in [-0.2, -0.15) is 0 Å². The van der Waals surface area contributed by atoms with E-state index >= 15 is 0 Å². The second-order valence-corrected chi connectivity index (χ2v) is 7.94. The van der Waals surface area contributed by atoms with Gasteiger partial charge in [-0.05, 0) is 74.5 Å². The first kappa shape index (κ1) is 18.0. The third-order valence-corrected chi connectivity index (χ3v) is 6.51. The maximum atomic E-state index is 6.06. The van der Waals surface area contributed by atoms with Gasteiger partial charge in [0.1, 0.15) is 0 Å². The maximum Gasteiger partial charge on any atom is 0.0603 e. The number of hydrogen-bond acceptors (Lipinski definition) is 1. The van der Waals surface area contributed by atoms with Crippen molar-refractivity contribution < 1.29 is 4.74 Å². The van der Waals surface area contributed by atoms with E-state index in [4.69, 9.17) is 4.74 Å². The normalized spacial score (nSPS) is 40.2. The first-order valence-corrected chi connectivity index (χ1v) is 9.95. The molecule has 4 atom stereocenters. The van der Waals surface area contributed by atoms with Crippen LogP contribution in [0.4, 0.5) is 0 Å². The molecule has 2 rings (SSSR count). The summed E-state index contributed by atoms with van der Waals surface area (Å²) in [6, 6.07) is 0. The third-order valence-electron chi connectivity index (χ3n) is 6.51. The Labute approximate surface area is 138 Å². The van der Waals surface area contributed by atoms with E-state index in [2.05, 4.69) is 39.8 Å². The zero-order chi connectivity index (χ0) is 15.9. The summed E-state index contributed by atoms with van der Waals surface area (Å²) in [7, 11) is 0. The molecule has 2 fully saturated rings. The van der Waals surface area contributed by atoms with Crippen LogP contribution in [0.3, 0.4) is 0 Å². The monoisotopic (exact) mass is 306 g/mol. The van der Waals surface area contributed by atoms with Crippen LogP contribution >= 0.6 is 0 Å². The van der Waals surface area contributed by atoms with E-state index in [1.807, 2.05) is 0 Å². The molecular formula is C21H38O. The highest BCUT2D eigenvalue weighted by Crippen LogP contribution is 2.38. The van der Waals surface area contributed by atoms with Crippen LogP contribution in [0.2, 0.25) is 0 Å². The molecular weight excluding hydrogens is 268 g/mol. The van der Waals surface area contributed by atoms with Gasteiger partial charge in [0, 0.05) is 6.61 Å². The molecule has 0 aliphatic heterocycles. The van der Waals surface area contributed by atoms with Gasteiger partial charge in [-0.15, -0.1) is 0 Å². The van der Waals surface area contributed by atoms with Crippen molar-refractivity contribution in [1.82, 2.24) is 0 Å². The Kier molecular flexibility index (Phi) is 7.47. The van der Waals surface area contributed by atoms with Crippen molar-refractivity contribution in [1.29, 1.82) is 0 Å². The summed E-state index contributed by atoms with van der Waals surface area (Å²) in [5.41, 5.74) is 0. The molecule has 128 valence electrons. The Morgan fingerprint density at radius 2 is 1.59 bits per heavy atom. The molecule has 0 radical (unpaired) electrons. The van der Waals surface area contributed by atoms with Gasteiger partial charge in [-0.25, -0.2) is 0 Å². The van der Waals surface area contributed by atoms with Crippen molar-refractivity contribution in [3.05, 3.63) is 12.2 Å². The molecule has 0 aromatic heterocycles. The minimum Gasteiger partial charge on any atom is -0.378 e. The van der Waals surface area contributed by atoms with Crippen molar-refractivity contribution >= 4 is 0 Å². The summed E-state index contributed by atoms with van der Waals surface area (Å²) >= 11 is 0. The van der Waals surface area contributed by atoms with Crippen molar-refractivity contribution in [2.75, 3.05) is 6.61 Å². The molecule has 0 saturated heterocycles. The summed E-state index contributed by atoms with van der Waals surface area (Å²) in [6.07, 6.45) is 16.5. The van der Waals surface area contributed by atoms with Gasteiger partial charge in [0.2, 0.25) is 0 Å². The summed E-state index contributed by atoms with van der Waals surface area (Å²) in [4.78, 5) is 0. The van der Waals surface area contributed by atoms with Crippen LogP contribution in [0.1, 0.15) is 79.1 Å². The first-order valence-electron chi connectivity index (χ1n) is 9.95. The zero-order valence-electron chi connectivity index (χ0n) is 15.4. The van der Waals surface area contributed by atoms with E-state index in [-0.39, 0.29) is 0 Å². The minimum atomic E-state index is 0.500. The van der Waals surface area contributed by atoms with Gasteiger partial charge in [-0.3, -0.25) is 0 Å². The average Bonchev–Trinajstić information content (AvgIpc) is 2.56. The summed E-state index contributed by atoms with van der Waals surface area (Å²) in [6.45, 7) is 10.3. The largest absolute Gasteiger partial charge is 0.378 e. The van der Waals surface area contributed by atoms with Crippen molar-refractivity contribution in [3.63, 3.8) is 0 Å². The molecule has 1 heteroatoms. The molecule has 0 heterocycles. The number of rotatable bonds is 6. The van der Waals surface area contributed by atoms with Crippen LogP contribution in [0, 0.1) is 29.6 Å². The molecule has 4 unspecified atom stereocenters. The van der Waals surface area contributed by atoms with Crippen molar-refractivity contribution in [2.45, 2.75) is 85.2 Å². The molecule has 1 nitrogen and oxygen atoms in total. The van der Waals surface area contributed by atoms with E-state index in [0.717, 1.165) is 36.7 Å². The van der Waals surface area contributed by atoms with E-state index in [1.54, 1.807) is 0 Å². The molecule has 0 bridgehead atoms.